The van der Waals surface area contributed by atoms with Crippen molar-refractivity contribution in [1.29, 1.82) is 0 Å². The first kappa shape index (κ1) is 13.5. The number of amidine groups is 1. The monoisotopic (exact) mass is 236 g/mol. The fraction of sp³-hybridized carbons (Fsp3) is 0.462. The lowest BCUT2D eigenvalue weighted by molar-refractivity contribution is 0.0297. The van der Waals surface area contributed by atoms with E-state index >= 15 is 0 Å². The topological polar surface area (TPSA) is 67.8 Å². The van der Waals surface area contributed by atoms with Crippen LogP contribution in [0.15, 0.2) is 35.5 Å². The van der Waals surface area contributed by atoms with Gasteiger partial charge >= 0.3 is 0 Å². The summed E-state index contributed by atoms with van der Waals surface area (Å²) < 4.78 is 0. The molecule has 0 bridgehead atoms. The van der Waals surface area contributed by atoms with Crippen molar-refractivity contribution in [3.63, 3.8) is 0 Å². The van der Waals surface area contributed by atoms with Crippen LogP contribution in [0.4, 0.5) is 0 Å². The maximum Gasteiger partial charge on any atom is 0.143 e. The van der Waals surface area contributed by atoms with Crippen molar-refractivity contribution in [3.8, 4) is 0 Å². The molecule has 1 rings (SSSR count). The third-order valence-electron chi connectivity index (χ3n) is 2.22. The summed E-state index contributed by atoms with van der Waals surface area (Å²) in [5.41, 5.74) is 6.08. The van der Waals surface area contributed by atoms with Gasteiger partial charge in [0.1, 0.15) is 12.4 Å². The van der Waals surface area contributed by atoms with Crippen molar-refractivity contribution in [1.82, 2.24) is 0 Å². The Morgan fingerprint density at radius 3 is 2.59 bits per heavy atom. The zero-order chi connectivity index (χ0) is 12.7. The molecule has 0 aliphatic rings. The fourth-order valence-electron chi connectivity index (χ4n) is 1.26. The minimum Gasteiger partial charge on any atom is -0.394 e. The molecule has 0 unspecified atom stereocenters. The fourth-order valence-corrected chi connectivity index (χ4v) is 1.26. The minimum absolute atomic E-state index is 0.360. The quantitative estimate of drug-likeness (QED) is 0.342. The van der Waals surface area contributed by atoms with Crippen molar-refractivity contribution in [2.75, 3.05) is 6.61 Å². The molecular weight excluding hydrogens is 216 g/mol. The lowest BCUT2D eigenvalue weighted by Gasteiger charge is -2.15. The van der Waals surface area contributed by atoms with E-state index in [1.54, 1.807) is 13.8 Å². The first-order valence-electron chi connectivity index (χ1n) is 5.68. The van der Waals surface area contributed by atoms with Gasteiger partial charge in [-0.1, -0.05) is 35.5 Å². The van der Waals surface area contributed by atoms with E-state index in [9.17, 15) is 5.11 Å². The second kappa shape index (κ2) is 6.25. The van der Waals surface area contributed by atoms with Crippen LogP contribution in [-0.2, 0) is 11.3 Å². The van der Waals surface area contributed by atoms with E-state index in [1.165, 1.54) is 0 Å². The Morgan fingerprint density at radius 2 is 2.00 bits per heavy atom. The lowest BCUT2D eigenvalue weighted by atomic mass is 10.1. The van der Waals surface area contributed by atoms with Crippen LogP contribution in [0.25, 0.3) is 0 Å². The standard InChI is InChI=1S/C13H20N2O2/c1-13(2,16)8-9-17-15-12(14)10-11-6-4-3-5-7-11/h3-7,16H,8-10H2,1-2H3,(H2,14,15). The highest BCUT2D eigenvalue weighted by atomic mass is 16.6. The van der Waals surface area contributed by atoms with Crippen molar-refractivity contribution in [3.05, 3.63) is 35.9 Å². The van der Waals surface area contributed by atoms with Gasteiger partial charge in [0.25, 0.3) is 0 Å². The Kier molecular flexibility index (Phi) is 4.97. The summed E-state index contributed by atoms with van der Waals surface area (Å²) in [4.78, 5) is 5.05. The molecule has 0 aliphatic carbocycles. The van der Waals surface area contributed by atoms with E-state index in [1.807, 2.05) is 30.3 Å². The molecule has 0 fully saturated rings. The summed E-state index contributed by atoms with van der Waals surface area (Å²) in [7, 11) is 0. The largest absolute Gasteiger partial charge is 0.394 e. The molecule has 3 N–H and O–H groups in total. The van der Waals surface area contributed by atoms with Gasteiger partial charge in [0, 0.05) is 12.8 Å². The number of nitrogens with two attached hydrogens (primary N) is 1. The van der Waals surface area contributed by atoms with Crippen LogP contribution in [0.3, 0.4) is 0 Å². The van der Waals surface area contributed by atoms with Crippen molar-refractivity contribution in [2.45, 2.75) is 32.3 Å². The summed E-state index contributed by atoms with van der Waals surface area (Å²) in [6.07, 6.45) is 1.10. The molecule has 94 valence electrons. The molecule has 0 amide bonds. The molecule has 0 radical (unpaired) electrons. The molecular formula is C13H20N2O2. The predicted octanol–water partition coefficient (Wildman–Crippen LogP) is 1.68. The normalized spacial score (nSPS) is 12.5. The lowest BCUT2D eigenvalue weighted by Crippen LogP contribution is -2.21. The van der Waals surface area contributed by atoms with E-state index in [2.05, 4.69) is 5.16 Å². The van der Waals surface area contributed by atoms with Gasteiger partial charge in [-0.25, -0.2) is 0 Å². The molecule has 0 aliphatic heterocycles. The van der Waals surface area contributed by atoms with Gasteiger partial charge in [0.15, 0.2) is 0 Å². The molecule has 0 saturated heterocycles. The van der Waals surface area contributed by atoms with Crippen molar-refractivity contribution >= 4 is 5.84 Å². The zero-order valence-corrected chi connectivity index (χ0v) is 10.4. The van der Waals surface area contributed by atoms with E-state index in [0.29, 0.717) is 25.3 Å². The highest BCUT2D eigenvalue weighted by Gasteiger charge is 2.11. The average molecular weight is 236 g/mol. The summed E-state index contributed by atoms with van der Waals surface area (Å²) in [5, 5.41) is 13.3. The maximum absolute atomic E-state index is 9.46. The van der Waals surface area contributed by atoms with Crippen LogP contribution in [0.5, 0.6) is 0 Å². The smallest absolute Gasteiger partial charge is 0.143 e. The molecule has 4 nitrogen and oxygen atoms in total. The van der Waals surface area contributed by atoms with Crippen LogP contribution in [0, 0.1) is 0 Å². The van der Waals surface area contributed by atoms with Crippen molar-refractivity contribution in [2.24, 2.45) is 10.9 Å². The number of oxime groups is 1. The number of hydrogen-bond acceptors (Lipinski definition) is 3. The van der Waals surface area contributed by atoms with Gasteiger partial charge in [-0.15, -0.1) is 0 Å². The highest BCUT2D eigenvalue weighted by Crippen LogP contribution is 2.06. The summed E-state index contributed by atoms with van der Waals surface area (Å²) in [6.45, 7) is 3.82. The number of rotatable bonds is 6. The van der Waals surface area contributed by atoms with Gasteiger partial charge < -0.3 is 15.7 Å². The number of nitrogens with zero attached hydrogens (tertiary/aromatic N) is 1. The molecule has 0 saturated carbocycles. The highest BCUT2D eigenvalue weighted by molar-refractivity contribution is 5.82. The Bertz CT molecular complexity index is 355. The van der Waals surface area contributed by atoms with Gasteiger partial charge in [-0.3, -0.25) is 0 Å². The van der Waals surface area contributed by atoms with Gasteiger partial charge in [0.2, 0.25) is 0 Å². The van der Waals surface area contributed by atoms with E-state index < -0.39 is 5.60 Å². The molecule has 0 heterocycles. The van der Waals surface area contributed by atoms with E-state index in [0.717, 1.165) is 5.56 Å². The molecule has 0 atom stereocenters. The third-order valence-corrected chi connectivity index (χ3v) is 2.22. The number of benzene rings is 1. The number of aliphatic hydroxyl groups is 1. The molecule has 0 spiro atoms. The third kappa shape index (κ3) is 6.58. The average Bonchev–Trinajstić information content (AvgIpc) is 2.25. The van der Waals surface area contributed by atoms with E-state index in [4.69, 9.17) is 10.6 Å². The molecule has 17 heavy (non-hydrogen) atoms. The van der Waals surface area contributed by atoms with Crippen LogP contribution < -0.4 is 5.73 Å². The Hall–Kier alpha value is -1.55. The van der Waals surface area contributed by atoms with Crippen LogP contribution in [0.1, 0.15) is 25.8 Å². The van der Waals surface area contributed by atoms with Crippen LogP contribution in [-0.4, -0.2) is 23.2 Å². The SMILES string of the molecule is CC(C)(O)CCO/N=C(/N)Cc1ccccc1. The second-order valence-corrected chi connectivity index (χ2v) is 4.64. The number of hydrogen-bond donors (Lipinski definition) is 2. The Balaban J connectivity index is 2.31. The van der Waals surface area contributed by atoms with Crippen molar-refractivity contribution < 1.29 is 9.94 Å². The van der Waals surface area contributed by atoms with Gasteiger partial charge in [0.05, 0.1) is 5.60 Å². The molecule has 4 heteroatoms. The van der Waals surface area contributed by atoms with E-state index in [-0.39, 0.29) is 0 Å². The summed E-state index contributed by atoms with van der Waals surface area (Å²) in [5.74, 6) is 0.437. The predicted molar refractivity (Wildman–Crippen MR) is 68.6 cm³/mol. The Morgan fingerprint density at radius 1 is 1.35 bits per heavy atom. The maximum atomic E-state index is 9.46. The molecule has 0 aromatic heterocycles. The first-order valence-corrected chi connectivity index (χ1v) is 5.68. The molecule has 1 aromatic carbocycles. The van der Waals surface area contributed by atoms with Crippen LogP contribution >= 0.6 is 0 Å². The molecule has 1 aromatic rings. The minimum atomic E-state index is -0.732. The van der Waals surface area contributed by atoms with Gasteiger partial charge in [-0.2, -0.15) is 0 Å². The summed E-state index contributed by atoms with van der Waals surface area (Å²) in [6, 6.07) is 9.84. The summed E-state index contributed by atoms with van der Waals surface area (Å²) >= 11 is 0. The van der Waals surface area contributed by atoms with Crippen LogP contribution in [0.2, 0.25) is 0 Å². The Labute approximate surface area is 102 Å². The second-order valence-electron chi connectivity index (χ2n) is 4.64. The first-order chi connectivity index (χ1) is 7.97. The van der Waals surface area contributed by atoms with Gasteiger partial charge in [-0.05, 0) is 19.4 Å². The zero-order valence-electron chi connectivity index (χ0n) is 10.4.